The van der Waals surface area contributed by atoms with Crippen molar-refractivity contribution < 1.29 is 14.0 Å². The molecule has 32 heavy (non-hydrogen) atoms. The second-order valence-corrected chi connectivity index (χ2v) is 8.14. The lowest BCUT2D eigenvalue weighted by Crippen LogP contribution is -2.43. The fourth-order valence-corrected chi connectivity index (χ4v) is 3.82. The summed E-state index contributed by atoms with van der Waals surface area (Å²) in [6, 6.07) is 18.2. The van der Waals surface area contributed by atoms with Crippen molar-refractivity contribution in [1.82, 2.24) is 9.80 Å². The van der Waals surface area contributed by atoms with Crippen LogP contribution in [0.4, 0.5) is 0 Å². The van der Waals surface area contributed by atoms with Gasteiger partial charge in [0.2, 0.25) is 5.91 Å². The lowest BCUT2D eigenvalue weighted by Gasteiger charge is -2.27. The maximum atomic E-state index is 13.2. The van der Waals surface area contributed by atoms with E-state index in [-0.39, 0.29) is 24.9 Å². The molecule has 0 aliphatic heterocycles. The van der Waals surface area contributed by atoms with Gasteiger partial charge in [0.25, 0.3) is 5.91 Å². The minimum atomic E-state index is -0.344. The van der Waals surface area contributed by atoms with Gasteiger partial charge in [-0.1, -0.05) is 59.6 Å². The van der Waals surface area contributed by atoms with Crippen LogP contribution < -0.4 is 0 Å². The molecule has 0 saturated heterocycles. The predicted octanol–water partition coefficient (Wildman–Crippen LogP) is 5.49. The molecule has 3 aromatic rings. The molecule has 0 unspecified atom stereocenters. The number of hydrogen-bond acceptors (Lipinski definition) is 3. The molecule has 0 fully saturated rings. The Labute approximate surface area is 197 Å². The Kier molecular flexibility index (Phi) is 8.54. The molecule has 0 atom stereocenters. The van der Waals surface area contributed by atoms with Gasteiger partial charge >= 0.3 is 0 Å². The largest absolute Gasteiger partial charge is 0.467 e. The number of amides is 2. The summed E-state index contributed by atoms with van der Waals surface area (Å²) in [4.78, 5) is 29.4. The topological polar surface area (TPSA) is 53.8 Å². The first-order valence-electron chi connectivity index (χ1n) is 10.2. The van der Waals surface area contributed by atoms with E-state index >= 15 is 0 Å². The molecule has 166 valence electrons. The van der Waals surface area contributed by atoms with Gasteiger partial charge in [0.15, 0.2) is 0 Å². The molecule has 3 rings (SSSR count). The highest BCUT2D eigenvalue weighted by Gasteiger charge is 2.23. The third-order valence-corrected chi connectivity index (χ3v) is 5.30. The Balaban J connectivity index is 1.76. The van der Waals surface area contributed by atoms with Crippen molar-refractivity contribution >= 4 is 35.0 Å². The van der Waals surface area contributed by atoms with E-state index in [0.717, 1.165) is 5.56 Å². The lowest BCUT2D eigenvalue weighted by molar-refractivity contribution is -0.132. The van der Waals surface area contributed by atoms with Gasteiger partial charge in [-0.2, -0.15) is 0 Å². The van der Waals surface area contributed by atoms with Crippen molar-refractivity contribution in [3.05, 3.63) is 107 Å². The van der Waals surface area contributed by atoms with Gasteiger partial charge < -0.3 is 14.2 Å². The molecule has 1 heterocycles. The molecule has 0 saturated carbocycles. The molecule has 0 N–H and O–H groups in total. The third kappa shape index (κ3) is 6.74. The highest BCUT2D eigenvalue weighted by atomic mass is 35.5. The summed E-state index contributed by atoms with van der Waals surface area (Å²) >= 11 is 12.1. The summed E-state index contributed by atoms with van der Waals surface area (Å²) in [5.74, 6) is 0.138. The van der Waals surface area contributed by atoms with Crippen LogP contribution >= 0.6 is 23.2 Å². The molecule has 0 bridgehead atoms. The zero-order valence-corrected chi connectivity index (χ0v) is 19.1. The quantitative estimate of drug-likeness (QED) is 0.368. The summed E-state index contributed by atoms with van der Waals surface area (Å²) in [5, 5.41) is 0.709. The van der Waals surface area contributed by atoms with Crippen LogP contribution in [0.1, 0.15) is 21.7 Å². The fourth-order valence-electron chi connectivity index (χ4n) is 3.29. The molecule has 5 nitrogen and oxygen atoms in total. The lowest BCUT2D eigenvalue weighted by atomic mass is 10.1. The number of furan rings is 1. The number of rotatable bonds is 10. The van der Waals surface area contributed by atoms with Crippen LogP contribution in [0, 0.1) is 0 Å². The third-order valence-electron chi connectivity index (χ3n) is 4.87. The molecular weight excluding hydrogens is 447 g/mol. The zero-order chi connectivity index (χ0) is 22.9. The maximum Gasteiger partial charge on any atom is 0.254 e. The minimum Gasteiger partial charge on any atom is -0.467 e. The first kappa shape index (κ1) is 23.6. The van der Waals surface area contributed by atoms with Crippen molar-refractivity contribution in [2.45, 2.75) is 13.0 Å². The van der Waals surface area contributed by atoms with E-state index in [2.05, 4.69) is 6.58 Å². The average molecular weight is 471 g/mol. The standard InChI is InChI=1S/C25H24Cl2N2O3/c1-2-11-29(25(31)20-14-21(26)16-22(27)15-20)18-24(30)28(17-23-9-6-13-32-23)12-10-19-7-4-3-5-8-19/h2-9,13-16H,1,10-12,17-18H2. The van der Waals surface area contributed by atoms with Crippen molar-refractivity contribution in [3.63, 3.8) is 0 Å². The van der Waals surface area contributed by atoms with Crippen LogP contribution in [0.15, 0.2) is 84.0 Å². The Morgan fingerprint density at radius 1 is 0.969 bits per heavy atom. The van der Waals surface area contributed by atoms with Gasteiger partial charge in [0.05, 0.1) is 12.8 Å². The SMILES string of the molecule is C=CCN(CC(=O)N(CCc1ccccc1)Cc1ccco1)C(=O)c1cc(Cl)cc(Cl)c1. The molecule has 2 amide bonds. The summed E-state index contributed by atoms with van der Waals surface area (Å²) in [5.41, 5.74) is 1.44. The summed E-state index contributed by atoms with van der Waals surface area (Å²) in [7, 11) is 0. The van der Waals surface area contributed by atoms with Gasteiger partial charge in [-0.25, -0.2) is 0 Å². The van der Waals surface area contributed by atoms with Crippen LogP contribution in [0.2, 0.25) is 10.0 Å². The van der Waals surface area contributed by atoms with E-state index in [1.54, 1.807) is 29.4 Å². The summed E-state index contributed by atoms with van der Waals surface area (Å²) in [6.45, 7) is 4.62. The number of carbonyl (C=O) groups excluding carboxylic acids is 2. The van der Waals surface area contributed by atoms with E-state index in [1.807, 2.05) is 36.4 Å². The number of halogens is 2. The predicted molar refractivity (Wildman–Crippen MR) is 127 cm³/mol. The number of hydrogen-bond donors (Lipinski definition) is 0. The van der Waals surface area contributed by atoms with Gasteiger partial charge in [-0.15, -0.1) is 6.58 Å². The Bertz CT molecular complexity index is 1030. The first-order chi connectivity index (χ1) is 15.5. The van der Waals surface area contributed by atoms with E-state index in [4.69, 9.17) is 27.6 Å². The average Bonchev–Trinajstić information content (AvgIpc) is 3.29. The second-order valence-electron chi connectivity index (χ2n) is 7.26. The van der Waals surface area contributed by atoms with Crippen LogP contribution in [0.5, 0.6) is 0 Å². The van der Waals surface area contributed by atoms with E-state index in [0.29, 0.717) is 40.9 Å². The molecule has 0 aliphatic rings. The molecule has 0 radical (unpaired) electrons. The van der Waals surface area contributed by atoms with Gasteiger partial charge in [-0.3, -0.25) is 9.59 Å². The van der Waals surface area contributed by atoms with Gasteiger partial charge in [0, 0.05) is 28.7 Å². The maximum absolute atomic E-state index is 13.2. The zero-order valence-electron chi connectivity index (χ0n) is 17.5. The number of benzene rings is 2. The molecule has 7 heteroatoms. The Hall–Kier alpha value is -3.02. The number of nitrogens with zero attached hydrogens (tertiary/aromatic N) is 2. The van der Waals surface area contributed by atoms with Crippen molar-refractivity contribution in [1.29, 1.82) is 0 Å². The smallest absolute Gasteiger partial charge is 0.254 e. The van der Waals surface area contributed by atoms with Crippen LogP contribution in [-0.4, -0.2) is 41.2 Å². The monoisotopic (exact) mass is 470 g/mol. The Morgan fingerprint density at radius 2 is 1.69 bits per heavy atom. The molecule has 2 aromatic carbocycles. The second kappa shape index (κ2) is 11.6. The van der Waals surface area contributed by atoms with Crippen LogP contribution in [0.3, 0.4) is 0 Å². The van der Waals surface area contributed by atoms with Crippen molar-refractivity contribution in [2.75, 3.05) is 19.6 Å². The van der Waals surface area contributed by atoms with Gasteiger partial charge in [0.1, 0.15) is 12.3 Å². The van der Waals surface area contributed by atoms with Crippen LogP contribution in [-0.2, 0) is 17.8 Å². The minimum absolute atomic E-state index is 0.107. The first-order valence-corrected chi connectivity index (χ1v) is 10.9. The highest BCUT2D eigenvalue weighted by molar-refractivity contribution is 6.35. The number of carbonyl (C=O) groups is 2. The summed E-state index contributed by atoms with van der Waals surface area (Å²) in [6.07, 6.45) is 3.84. The normalized spacial score (nSPS) is 10.6. The van der Waals surface area contributed by atoms with Crippen molar-refractivity contribution in [3.8, 4) is 0 Å². The molecule has 0 spiro atoms. The van der Waals surface area contributed by atoms with E-state index in [9.17, 15) is 9.59 Å². The van der Waals surface area contributed by atoms with Crippen LogP contribution in [0.25, 0.3) is 0 Å². The highest BCUT2D eigenvalue weighted by Crippen LogP contribution is 2.20. The van der Waals surface area contributed by atoms with E-state index < -0.39 is 0 Å². The molecule has 1 aromatic heterocycles. The molecular formula is C25H24Cl2N2O3. The molecule has 0 aliphatic carbocycles. The van der Waals surface area contributed by atoms with Crippen molar-refractivity contribution in [2.24, 2.45) is 0 Å². The van der Waals surface area contributed by atoms with E-state index in [1.165, 1.54) is 17.0 Å². The summed E-state index contributed by atoms with van der Waals surface area (Å²) < 4.78 is 5.44. The van der Waals surface area contributed by atoms with Gasteiger partial charge in [-0.05, 0) is 42.3 Å². The Morgan fingerprint density at radius 3 is 2.31 bits per heavy atom. The fraction of sp³-hybridized carbons (Fsp3) is 0.200.